The highest BCUT2D eigenvalue weighted by atomic mass is 16.2. The molecule has 0 bridgehead atoms. The Labute approximate surface area is 99.4 Å². The average molecular weight is 233 g/mol. The molecule has 90 valence electrons. The van der Waals surface area contributed by atoms with E-state index in [4.69, 9.17) is 5.73 Å². The summed E-state index contributed by atoms with van der Waals surface area (Å²) in [5, 5.41) is 5.64. The second-order valence-electron chi connectivity index (χ2n) is 4.11. The maximum absolute atomic E-state index is 11.6. The van der Waals surface area contributed by atoms with Crippen molar-refractivity contribution in [1.82, 2.24) is 10.6 Å². The Morgan fingerprint density at radius 3 is 2.53 bits per heavy atom. The minimum atomic E-state index is -0.405. The molecule has 1 aliphatic rings. The molecule has 4 N–H and O–H groups in total. The lowest BCUT2D eigenvalue weighted by Crippen LogP contribution is -2.63. The van der Waals surface area contributed by atoms with E-state index in [0.29, 0.717) is 13.0 Å². The molecular weight excluding hydrogens is 218 g/mol. The van der Waals surface area contributed by atoms with E-state index in [1.165, 1.54) is 0 Å². The third-order valence-corrected chi connectivity index (χ3v) is 2.84. The van der Waals surface area contributed by atoms with E-state index >= 15 is 0 Å². The Bertz CT molecular complexity index is 413. The second kappa shape index (κ2) is 4.97. The number of hydrogen-bond acceptors (Lipinski definition) is 3. The summed E-state index contributed by atoms with van der Waals surface area (Å²) >= 11 is 0. The minimum absolute atomic E-state index is 0.0913. The average Bonchev–Trinajstić information content (AvgIpc) is 2.25. The van der Waals surface area contributed by atoms with Gasteiger partial charge in [0.15, 0.2) is 0 Å². The summed E-state index contributed by atoms with van der Waals surface area (Å²) < 4.78 is 0. The Hall–Kier alpha value is -1.88. The fourth-order valence-electron chi connectivity index (χ4n) is 1.74. The van der Waals surface area contributed by atoms with E-state index < -0.39 is 5.91 Å². The zero-order valence-electron chi connectivity index (χ0n) is 9.35. The predicted octanol–water partition coefficient (Wildman–Crippen LogP) is -0.481. The van der Waals surface area contributed by atoms with Gasteiger partial charge >= 0.3 is 0 Å². The van der Waals surface area contributed by atoms with Gasteiger partial charge in [-0.2, -0.15) is 0 Å². The van der Waals surface area contributed by atoms with Crippen molar-refractivity contribution < 1.29 is 9.59 Å². The lowest BCUT2D eigenvalue weighted by Gasteiger charge is -2.33. The molecule has 1 heterocycles. The van der Waals surface area contributed by atoms with Crippen molar-refractivity contribution in [2.45, 2.75) is 25.0 Å². The van der Waals surface area contributed by atoms with Crippen LogP contribution in [0, 0.1) is 0 Å². The number of primary amides is 1. The molecule has 17 heavy (non-hydrogen) atoms. The molecule has 1 fully saturated rings. The molecule has 1 aliphatic heterocycles. The third-order valence-electron chi connectivity index (χ3n) is 2.84. The number of amides is 2. The van der Waals surface area contributed by atoms with Gasteiger partial charge in [0.25, 0.3) is 0 Å². The van der Waals surface area contributed by atoms with Gasteiger partial charge in [0, 0.05) is 6.54 Å². The van der Waals surface area contributed by atoms with Crippen LogP contribution in [0.4, 0.5) is 0 Å². The van der Waals surface area contributed by atoms with Gasteiger partial charge in [0.05, 0.1) is 12.1 Å². The first-order chi connectivity index (χ1) is 8.16. The second-order valence-corrected chi connectivity index (χ2v) is 4.11. The molecule has 5 nitrogen and oxygen atoms in total. The molecule has 2 amide bonds. The van der Waals surface area contributed by atoms with Gasteiger partial charge in [0.1, 0.15) is 0 Å². The van der Waals surface area contributed by atoms with Crippen LogP contribution in [-0.2, 0) is 16.1 Å². The quantitative estimate of drug-likeness (QED) is 0.656. The number of carbonyl (C=O) groups is 2. The Morgan fingerprint density at radius 1 is 1.29 bits per heavy atom. The van der Waals surface area contributed by atoms with Crippen molar-refractivity contribution in [1.29, 1.82) is 0 Å². The van der Waals surface area contributed by atoms with Gasteiger partial charge in [0.2, 0.25) is 11.8 Å². The van der Waals surface area contributed by atoms with E-state index in [0.717, 1.165) is 5.56 Å². The highest BCUT2D eigenvalue weighted by Crippen LogP contribution is 2.11. The summed E-state index contributed by atoms with van der Waals surface area (Å²) in [6.07, 6.45) is 0.482. The summed E-state index contributed by atoms with van der Waals surface area (Å²) in [6, 6.07) is 9.01. The monoisotopic (exact) mass is 233 g/mol. The van der Waals surface area contributed by atoms with Crippen molar-refractivity contribution in [3.63, 3.8) is 0 Å². The normalized spacial score (nSPS) is 22.6. The molecular formula is C12H15N3O2. The van der Waals surface area contributed by atoms with Crippen LogP contribution in [0.3, 0.4) is 0 Å². The highest BCUT2D eigenvalue weighted by Gasteiger charge is 2.36. The van der Waals surface area contributed by atoms with Crippen molar-refractivity contribution in [2.75, 3.05) is 0 Å². The van der Waals surface area contributed by atoms with E-state index in [1.54, 1.807) is 0 Å². The minimum Gasteiger partial charge on any atom is -0.368 e. The molecule has 1 aromatic carbocycles. The number of benzene rings is 1. The fourth-order valence-corrected chi connectivity index (χ4v) is 1.74. The van der Waals surface area contributed by atoms with Gasteiger partial charge < -0.3 is 11.1 Å². The van der Waals surface area contributed by atoms with E-state index in [2.05, 4.69) is 10.6 Å². The molecule has 0 radical (unpaired) electrons. The summed E-state index contributed by atoms with van der Waals surface area (Å²) in [6.45, 7) is 0.499. The topological polar surface area (TPSA) is 84.2 Å². The number of hydrogen-bond donors (Lipinski definition) is 3. The first-order valence-corrected chi connectivity index (χ1v) is 5.54. The van der Waals surface area contributed by atoms with Crippen LogP contribution < -0.4 is 16.4 Å². The highest BCUT2D eigenvalue weighted by molar-refractivity contribution is 5.88. The van der Waals surface area contributed by atoms with Gasteiger partial charge in [-0.25, -0.2) is 0 Å². The Balaban J connectivity index is 1.74. The van der Waals surface area contributed by atoms with Gasteiger partial charge in [-0.3, -0.25) is 14.9 Å². The number of nitrogens with one attached hydrogen (secondary N) is 2. The van der Waals surface area contributed by atoms with Crippen molar-refractivity contribution in [3.05, 3.63) is 35.9 Å². The summed E-state index contributed by atoms with van der Waals surface area (Å²) in [5.74, 6) is -0.497. The zero-order valence-corrected chi connectivity index (χ0v) is 9.35. The van der Waals surface area contributed by atoms with E-state index in [9.17, 15) is 9.59 Å². The van der Waals surface area contributed by atoms with E-state index in [-0.39, 0.29) is 18.0 Å². The van der Waals surface area contributed by atoms with Crippen molar-refractivity contribution in [3.8, 4) is 0 Å². The molecule has 0 unspecified atom stereocenters. The maximum atomic E-state index is 11.6. The lowest BCUT2D eigenvalue weighted by atomic mass is 9.96. The molecule has 2 rings (SSSR count). The molecule has 0 aliphatic carbocycles. The van der Waals surface area contributed by atoms with Crippen LogP contribution in [0.15, 0.2) is 30.3 Å². The molecule has 0 aromatic heterocycles. The molecule has 2 atom stereocenters. The Kier molecular flexibility index (Phi) is 3.39. The van der Waals surface area contributed by atoms with Crippen LogP contribution >= 0.6 is 0 Å². The summed E-state index contributed by atoms with van der Waals surface area (Å²) in [7, 11) is 0. The predicted molar refractivity (Wildman–Crippen MR) is 62.8 cm³/mol. The number of carbonyl (C=O) groups excluding carboxylic acids is 2. The molecule has 0 spiro atoms. The number of rotatable bonds is 4. The zero-order chi connectivity index (χ0) is 12.3. The van der Waals surface area contributed by atoms with E-state index in [1.807, 2.05) is 30.3 Å². The van der Waals surface area contributed by atoms with Gasteiger partial charge in [-0.15, -0.1) is 0 Å². The van der Waals surface area contributed by atoms with Crippen LogP contribution in [0.25, 0.3) is 0 Å². The first-order valence-electron chi connectivity index (χ1n) is 5.54. The Morgan fingerprint density at radius 2 is 1.94 bits per heavy atom. The standard InChI is InChI=1S/C12H15N3O2/c13-11(16)9-6-10(15-9)12(17)14-7-8-4-2-1-3-5-8/h1-5,9-10,15H,6-7H2,(H2,13,16)(H,14,17)/t9-,10+/m0/s1. The third kappa shape index (κ3) is 2.82. The van der Waals surface area contributed by atoms with Gasteiger partial charge in [-0.05, 0) is 12.0 Å². The first kappa shape index (κ1) is 11.6. The fraction of sp³-hybridized carbons (Fsp3) is 0.333. The van der Waals surface area contributed by atoms with Crippen LogP contribution in [-0.4, -0.2) is 23.9 Å². The van der Waals surface area contributed by atoms with Gasteiger partial charge in [-0.1, -0.05) is 30.3 Å². The maximum Gasteiger partial charge on any atom is 0.237 e. The molecule has 1 saturated heterocycles. The lowest BCUT2D eigenvalue weighted by molar-refractivity contribution is -0.129. The van der Waals surface area contributed by atoms with Crippen molar-refractivity contribution >= 4 is 11.8 Å². The smallest absolute Gasteiger partial charge is 0.237 e. The molecule has 1 aromatic rings. The largest absolute Gasteiger partial charge is 0.368 e. The SMILES string of the molecule is NC(=O)[C@@H]1C[C@H](C(=O)NCc2ccccc2)N1. The number of nitrogens with two attached hydrogens (primary N) is 1. The molecule has 5 heteroatoms. The molecule has 0 saturated carbocycles. The van der Waals surface area contributed by atoms with Crippen LogP contribution in [0.5, 0.6) is 0 Å². The van der Waals surface area contributed by atoms with Crippen LogP contribution in [0.2, 0.25) is 0 Å². The van der Waals surface area contributed by atoms with Crippen molar-refractivity contribution in [2.24, 2.45) is 5.73 Å². The summed E-state index contributed by atoms with van der Waals surface area (Å²) in [5.41, 5.74) is 6.14. The summed E-state index contributed by atoms with van der Waals surface area (Å²) in [4.78, 5) is 22.4. The van der Waals surface area contributed by atoms with Crippen LogP contribution in [0.1, 0.15) is 12.0 Å².